The van der Waals surface area contributed by atoms with Crippen LogP contribution in [-0.2, 0) is 25.6 Å². The first-order chi connectivity index (χ1) is 24.0. The summed E-state index contributed by atoms with van der Waals surface area (Å²) < 4.78 is 13.7. The Labute approximate surface area is 303 Å². The summed E-state index contributed by atoms with van der Waals surface area (Å²) in [5.41, 5.74) is 0. The monoisotopic (exact) mass is 690 g/mol. The summed E-state index contributed by atoms with van der Waals surface area (Å²) >= 11 is 0. The smallest absolute Gasteiger partial charge is 0.308 e. The Bertz CT molecular complexity index is 812. The van der Waals surface area contributed by atoms with Crippen molar-refractivity contribution in [2.24, 2.45) is 11.8 Å². The van der Waals surface area contributed by atoms with Gasteiger partial charge in [0.05, 0.1) is 31.4 Å². The largest absolute Gasteiger partial charge is 0.465 e. The zero-order chi connectivity index (χ0) is 35.6. The van der Waals surface area contributed by atoms with Gasteiger partial charge in [0.2, 0.25) is 0 Å². The highest BCUT2D eigenvalue weighted by Gasteiger charge is 2.20. The Kier molecular flexibility index (Phi) is 30.6. The van der Waals surface area contributed by atoms with Gasteiger partial charge in [0.25, 0.3) is 0 Å². The highest BCUT2D eigenvalue weighted by atomic mass is 16.5. The van der Waals surface area contributed by atoms with Gasteiger partial charge in [-0.25, -0.2) is 4.98 Å². The van der Waals surface area contributed by atoms with Gasteiger partial charge in [0.15, 0.2) is 0 Å². The number of rotatable bonds is 36. The fourth-order valence-corrected chi connectivity index (χ4v) is 6.69. The lowest BCUT2D eigenvalue weighted by Crippen LogP contribution is -2.28. The standard InChI is InChI=1S/C42H79N3O4/c1-5-9-13-19-28-39(26-11-7-3)41(46)48-36-23-17-15-21-31-44(33-25-34-45-35-30-43-38-45)32-22-16-18-24-37-49-42(47)40(27-12-8-4)29-20-14-10-6-2/h30,35,38-40H,5-29,31-34,36-37H2,1-4H3. The van der Waals surface area contributed by atoms with Crippen molar-refractivity contribution in [2.45, 2.75) is 195 Å². The van der Waals surface area contributed by atoms with Gasteiger partial charge in [-0.3, -0.25) is 9.59 Å². The fourth-order valence-electron chi connectivity index (χ4n) is 6.69. The van der Waals surface area contributed by atoms with Gasteiger partial charge in [-0.1, -0.05) is 130 Å². The number of hydrogen-bond acceptors (Lipinski definition) is 6. The number of nitrogens with zero attached hydrogens (tertiary/aromatic N) is 3. The van der Waals surface area contributed by atoms with Crippen LogP contribution < -0.4 is 0 Å². The summed E-state index contributed by atoms with van der Waals surface area (Å²) in [5.74, 6) is 0.272. The number of hydrogen-bond donors (Lipinski definition) is 0. The van der Waals surface area contributed by atoms with Crippen LogP contribution in [0.1, 0.15) is 188 Å². The molecular formula is C42H79N3O4. The van der Waals surface area contributed by atoms with Gasteiger partial charge in [-0.15, -0.1) is 0 Å². The fraction of sp³-hybridized carbons (Fsp3) is 0.881. The molecule has 0 amide bonds. The zero-order valence-corrected chi connectivity index (χ0v) is 32.8. The molecule has 0 N–H and O–H groups in total. The molecule has 0 aliphatic heterocycles. The number of carbonyl (C=O) groups is 2. The Morgan fingerprint density at radius 3 is 1.43 bits per heavy atom. The molecule has 0 saturated heterocycles. The number of unbranched alkanes of at least 4 members (excludes halogenated alkanes) is 14. The van der Waals surface area contributed by atoms with Crippen LogP contribution in [0.3, 0.4) is 0 Å². The van der Waals surface area contributed by atoms with E-state index in [2.05, 4.69) is 42.1 Å². The summed E-state index contributed by atoms with van der Waals surface area (Å²) in [6.45, 7) is 14.3. The lowest BCUT2D eigenvalue weighted by molar-refractivity contribution is -0.150. The summed E-state index contributed by atoms with van der Waals surface area (Å²) in [6, 6.07) is 0. The van der Waals surface area contributed by atoms with Gasteiger partial charge >= 0.3 is 11.9 Å². The van der Waals surface area contributed by atoms with Crippen molar-refractivity contribution in [1.82, 2.24) is 14.5 Å². The molecule has 0 radical (unpaired) electrons. The highest BCUT2D eigenvalue weighted by Crippen LogP contribution is 2.21. The molecule has 1 heterocycles. The molecule has 1 aromatic heterocycles. The van der Waals surface area contributed by atoms with E-state index in [4.69, 9.17) is 9.47 Å². The van der Waals surface area contributed by atoms with Crippen LogP contribution in [0, 0.1) is 11.8 Å². The molecule has 0 fully saturated rings. The molecule has 0 spiro atoms. The molecule has 49 heavy (non-hydrogen) atoms. The molecule has 7 heteroatoms. The third-order valence-electron chi connectivity index (χ3n) is 9.97. The van der Waals surface area contributed by atoms with Gasteiger partial charge in [-0.05, 0) is 77.4 Å². The first-order valence-electron chi connectivity index (χ1n) is 21.1. The topological polar surface area (TPSA) is 73.7 Å². The van der Waals surface area contributed by atoms with Crippen LogP contribution in [0.4, 0.5) is 0 Å². The second kappa shape index (κ2) is 33.3. The van der Waals surface area contributed by atoms with Crippen LogP contribution in [-0.4, -0.2) is 59.2 Å². The average molecular weight is 690 g/mol. The molecule has 2 atom stereocenters. The Morgan fingerprint density at radius 1 is 0.551 bits per heavy atom. The van der Waals surface area contributed by atoms with Crippen LogP contribution in [0.15, 0.2) is 18.7 Å². The van der Waals surface area contributed by atoms with Crippen LogP contribution >= 0.6 is 0 Å². The lowest BCUT2D eigenvalue weighted by atomic mass is 9.95. The number of aromatic nitrogens is 2. The Hall–Kier alpha value is -1.89. The molecule has 0 aliphatic carbocycles. The Morgan fingerprint density at radius 2 is 0.980 bits per heavy atom. The van der Waals surface area contributed by atoms with E-state index in [1.807, 2.05) is 18.7 Å². The van der Waals surface area contributed by atoms with Crippen molar-refractivity contribution in [3.05, 3.63) is 18.7 Å². The number of carbonyl (C=O) groups excluding carboxylic acids is 2. The van der Waals surface area contributed by atoms with E-state index in [1.54, 1.807) is 0 Å². The molecule has 0 aromatic carbocycles. The molecule has 1 rings (SSSR count). The predicted molar refractivity (Wildman–Crippen MR) is 206 cm³/mol. The van der Waals surface area contributed by atoms with E-state index in [0.717, 1.165) is 122 Å². The zero-order valence-electron chi connectivity index (χ0n) is 32.8. The number of aryl methyl sites for hydroxylation is 1. The van der Waals surface area contributed by atoms with E-state index in [1.165, 1.54) is 64.2 Å². The van der Waals surface area contributed by atoms with E-state index in [0.29, 0.717) is 13.2 Å². The summed E-state index contributed by atoms with van der Waals surface area (Å²) in [5, 5.41) is 0. The average Bonchev–Trinajstić information content (AvgIpc) is 3.63. The predicted octanol–water partition coefficient (Wildman–Crippen LogP) is 11.3. The van der Waals surface area contributed by atoms with Crippen molar-refractivity contribution in [1.29, 1.82) is 0 Å². The molecule has 286 valence electrons. The van der Waals surface area contributed by atoms with Gasteiger partial charge in [0.1, 0.15) is 0 Å². The molecule has 1 aromatic rings. The van der Waals surface area contributed by atoms with Crippen molar-refractivity contribution in [3.63, 3.8) is 0 Å². The third-order valence-corrected chi connectivity index (χ3v) is 9.97. The van der Waals surface area contributed by atoms with Crippen molar-refractivity contribution >= 4 is 11.9 Å². The molecule has 0 bridgehead atoms. The highest BCUT2D eigenvalue weighted by molar-refractivity contribution is 5.72. The maximum atomic E-state index is 12.7. The van der Waals surface area contributed by atoms with Crippen molar-refractivity contribution < 1.29 is 19.1 Å². The summed E-state index contributed by atoms with van der Waals surface area (Å²) in [4.78, 5) is 32.3. The normalized spacial score (nSPS) is 12.8. The number of ether oxygens (including phenoxy) is 2. The minimum absolute atomic E-state index is 0.0427. The molecule has 0 aliphatic rings. The first-order valence-corrected chi connectivity index (χ1v) is 21.1. The molecule has 7 nitrogen and oxygen atoms in total. The third kappa shape index (κ3) is 25.7. The van der Waals surface area contributed by atoms with Crippen LogP contribution in [0.5, 0.6) is 0 Å². The second-order valence-electron chi connectivity index (χ2n) is 14.5. The van der Waals surface area contributed by atoms with Crippen LogP contribution in [0.2, 0.25) is 0 Å². The number of esters is 2. The van der Waals surface area contributed by atoms with E-state index >= 15 is 0 Å². The quantitative estimate of drug-likeness (QED) is 0.0516. The maximum Gasteiger partial charge on any atom is 0.308 e. The van der Waals surface area contributed by atoms with Crippen molar-refractivity contribution in [2.75, 3.05) is 32.8 Å². The van der Waals surface area contributed by atoms with E-state index in [9.17, 15) is 9.59 Å². The lowest BCUT2D eigenvalue weighted by Gasteiger charge is -2.22. The van der Waals surface area contributed by atoms with Crippen LogP contribution in [0.25, 0.3) is 0 Å². The molecular weight excluding hydrogens is 610 g/mol. The van der Waals surface area contributed by atoms with Gasteiger partial charge in [-0.2, -0.15) is 0 Å². The van der Waals surface area contributed by atoms with E-state index in [-0.39, 0.29) is 23.8 Å². The van der Waals surface area contributed by atoms with Crippen molar-refractivity contribution in [3.8, 4) is 0 Å². The van der Waals surface area contributed by atoms with Gasteiger partial charge in [0, 0.05) is 18.9 Å². The molecule has 2 unspecified atom stereocenters. The minimum Gasteiger partial charge on any atom is -0.465 e. The summed E-state index contributed by atoms with van der Waals surface area (Å²) in [7, 11) is 0. The van der Waals surface area contributed by atoms with E-state index < -0.39 is 0 Å². The molecule has 0 saturated carbocycles. The number of imidazole rings is 1. The second-order valence-corrected chi connectivity index (χ2v) is 14.5. The Balaban J connectivity index is 2.32. The summed E-state index contributed by atoms with van der Waals surface area (Å²) in [6.07, 6.45) is 33.9. The minimum atomic E-state index is 0.0427. The SMILES string of the molecule is CCCCCCC(CCCC)C(=O)OCCCCCCN(CCCCCCOC(=O)C(CCCC)CCCCCC)CCCn1ccnc1. The maximum absolute atomic E-state index is 12.7. The van der Waals surface area contributed by atoms with Gasteiger partial charge < -0.3 is 18.9 Å². The first kappa shape index (κ1) is 45.1.